The minimum Gasteiger partial charge on any atom is -0.382 e. The first-order valence-electron chi connectivity index (χ1n) is 13.7. The largest absolute Gasteiger partial charge is 0.472 e. The van der Waals surface area contributed by atoms with Crippen LogP contribution < -0.4 is 5.73 Å². The first-order chi connectivity index (χ1) is 21.6. The van der Waals surface area contributed by atoms with E-state index in [0.29, 0.717) is 28.7 Å². The molecule has 7 heterocycles. The minimum absolute atomic E-state index is 0.185. The molecule has 0 aromatic carbocycles. The number of hydrogen-bond donors (Lipinski definition) is 3. The van der Waals surface area contributed by atoms with Gasteiger partial charge in [0, 0.05) is 24.4 Å². The topological polar surface area (TPSA) is 238 Å². The van der Waals surface area contributed by atoms with Crippen molar-refractivity contribution in [3.05, 3.63) is 37.7 Å². The van der Waals surface area contributed by atoms with Crippen molar-refractivity contribution in [1.29, 1.82) is 0 Å². The number of fused-ring (bicyclic) bond motifs is 6. The van der Waals surface area contributed by atoms with Crippen LogP contribution in [-0.2, 0) is 32.0 Å². The first-order valence-corrected chi connectivity index (χ1v) is 16.7. The zero-order valence-corrected chi connectivity index (χ0v) is 24.7. The number of halogens is 1. The number of nitrogens with zero attached hydrogens (tertiary/aromatic N) is 9. The highest BCUT2D eigenvalue weighted by Crippen LogP contribution is 2.55. The van der Waals surface area contributed by atoms with Crippen LogP contribution in [0.2, 0.25) is 0 Å². The summed E-state index contributed by atoms with van der Waals surface area (Å²) in [6, 6.07) is -0.345. The number of imidazole rings is 3. The van der Waals surface area contributed by atoms with E-state index in [1.54, 1.807) is 21.4 Å². The van der Waals surface area contributed by atoms with Crippen molar-refractivity contribution in [2.45, 2.75) is 37.1 Å². The average Bonchev–Trinajstić information content (AvgIpc) is 3.77. The van der Waals surface area contributed by atoms with E-state index < -0.39 is 58.7 Å². The number of anilines is 1. The predicted molar refractivity (Wildman–Crippen MR) is 148 cm³/mol. The summed E-state index contributed by atoms with van der Waals surface area (Å²) in [5.41, 5.74) is 7.78. The van der Waals surface area contributed by atoms with Gasteiger partial charge in [-0.25, -0.2) is 43.4 Å². The third-order valence-electron chi connectivity index (χ3n) is 8.42. The van der Waals surface area contributed by atoms with Crippen LogP contribution in [0.1, 0.15) is 18.7 Å². The Kier molecular flexibility index (Phi) is 6.79. The number of phosphoric ester groups is 2. The molecule has 2 saturated heterocycles. The van der Waals surface area contributed by atoms with Gasteiger partial charge in [0.25, 0.3) is 0 Å². The van der Waals surface area contributed by atoms with E-state index >= 15 is 4.39 Å². The molecule has 1 saturated carbocycles. The highest BCUT2D eigenvalue weighted by atomic mass is 31.2. The van der Waals surface area contributed by atoms with Gasteiger partial charge in [0.15, 0.2) is 40.7 Å². The maximum absolute atomic E-state index is 16.0. The molecule has 4 N–H and O–H groups in total. The summed E-state index contributed by atoms with van der Waals surface area (Å²) < 4.78 is 73.8. The standard InChI is InChI=1S/C23H25FN10O9P2/c24-15-18-14(42-23(15)34-10-30-17-20-26-1-2-32(20)8-31-22(17)34)6-41-44(35,36)40-5-12-11(4-39-45(37,38)43-18)3-13(12)33-9-29-16-19(25)27-7-28-21(16)33/h1-2,7-15,18,23H,3-6H2,(H,35,36)(H,37,38)(H2,25,27,28)/t11-,12-,13-,14-,15-,18-,23-/m1/s1. The van der Waals surface area contributed by atoms with Gasteiger partial charge >= 0.3 is 15.6 Å². The Balaban J connectivity index is 1.05. The highest BCUT2D eigenvalue weighted by Gasteiger charge is 2.52. The van der Waals surface area contributed by atoms with Crippen molar-refractivity contribution >= 4 is 49.4 Å². The maximum Gasteiger partial charge on any atom is 0.472 e. The van der Waals surface area contributed by atoms with Crippen molar-refractivity contribution < 1.29 is 46.1 Å². The zero-order chi connectivity index (χ0) is 31.1. The summed E-state index contributed by atoms with van der Waals surface area (Å²) in [6.07, 6.45) is 2.46. The third-order valence-corrected chi connectivity index (χ3v) is 10.4. The molecule has 0 radical (unpaired) electrons. The van der Waals surface area contributed by atoms with Crippen LogP contribution in [0, 0.1) is 11.8 Å². The number of nitrogen functional groups attached to an aromatic ring is 1. The molecule has 3 fully saturated rings. The molecule has 2 aliphatic heterocycles. The lowest BCUT2D eigenvalue weighted by atomic mass is 9.70. The lowest BCUT2D eigenvalue weighted by Crippen LogP contribution is -2.43. The van der Waals surface area contributed by atoms with Crippen molar-refractivity contribution in [3.8, 4) is 0 Å². The molecule has 19 nitrogen and oxygen atoms in total. The Hall–Kier alpha value is -3.45. The number of nitrogens with two attached hydrogens (primary N) is 1. The van der Waals surface area contributed by atoms with E-state index in [1.165, 1.54) is 29.9 Å². The molecule has 1 aliphatic carbocycles. The molecule has 0 spiro atoms. The van der Waals surface area contributed by atoms with E-state index in [0.717, 1.165) is 0 Å². The molecule has 5 aromatic heterocycles. The van der Waals surface area contributed by atoms with Gasteiger partial charge < -0.3 is 24.8 Å². The van der Waals surface area contributed by atoms with Gasteiger partial charge in [0.2, 0.25) is 0 Å². The number of rotatable bonds is 2. The Morgan fingerprint density at radius 3 is 2.49 bits per heavy atom. The van der Waals surface area contributed by atoms with E-state index in [1.807, 2.05) is 0 Å². The molecule has 22 heteroatoms. The summed E-state index contributed by atoms with van der Waals surface area (Å²) in [6.45, 7) is -1.31. The van der Waals surface area contributed by atoms with Crippen molar-refractivity contribution in [2.75, 3.05) is 25.6 Å². The number of aromatic nitrogens is 9. The second kappa shape index (κ2) is 10.5. The van der Waals surface area contributed by atoms with Crippen LogP contribution in [0.5, 0.6) is 0 Å². The molecular weight excluding hydrogens is 641 g/mol. The summed E-state index contributed by atoms with van der Waals surface area (Å²) in [5, 5.41) is 0. The molecule has 3 aliphatic rings. The van der Waals surface area contributed by atoms with Gasteiger partial charge in [0.05, 0.1) is 32.5 Å². The molecule has 0 amide bonds. The van der Waals surface area contributed by atoms with Crippen LogP contribution in [0.15, 0.2) is 37.7 Å². The van der Waals surface area contributed by atoms with Gasteiger partial charge in [-0.1, -0.05) is 0 Å². The van der Waals surface area contributed by atoms with Crippen LogP contribution in [0.25, 0.3) is 28.0 Å². The Morgan fingerprint density at radius 2 is 1.62 bits per heavy atom. The van der Waals surface area contributed by atoms with Crippen LogP contribution in [0.3, 0.4) is 0 Å². The Morgan fingerprint density at radius 1 is 0.867 bits per heavy atom. The monoisotopic (exact) mass is 666 g/mol. The summed E-state index contributed by atoms with van der Waals surface area (Å²) in [4.78, 5) is 46.4. The fraction of sp³-hybridized carbons (Fsp3) is 0.478. The summed E-state index contributed by atoms with van der Waals surface area (Å²) >= 11 is 0. The Bertz CT molecular complexity index is 2020. The van der Waals surface area contributed by atoms with Gasteiger partial charge in [-0.2, -0.15) is 0 Å². The predicted octanol–water partition coefficient (Wildman–Crippen LogP) is 1.56. The lowest BCUT2D eigenvalue weighted by Gasteiger charge is -2.45. The molecule has 238 valence electrons. The quantitative estimate of drug-likeness (QED) is 0.227. The second-order valence-corrected chi connectivity index (χ2v) is 13.8. The second-order valence-electron chi connectivity index (χ2n) is 10.9. The van der Waals surface area contributed by atoms with E-state index in [2.05, 4.69) is 29.9 Å². The van der Waals surface area contributed by atoms with Crippen LogP contribution in [0.4, 0.5) is 10.2 Å². The average molecular weight is 666 g/mol. The molecule has 45 heavy (non-hydrogen) atoms. The first kappa shape index (κ1) is 29.0. The molecule has 5 aromatic rings. The maximum atomic E-state index is 16.0. The van der Waals surface area contributed by atoms with Gasteiger partial charge in [-0.05, 0) is 12.3 Å². The normalized spacial score (nSPS) is 36.2. The summed E-state index contributed by atoms with van der Waals surface area (Å²) in [7, 11) is -9.61. The van der Waals surface area contributed by atoms with Crippen molar-refractivity contribution in [1.82, 2.24) is 43.4 Å². The van der Waals surface area contributed by atoms with Crippen molar-refractivity contribution in [3.63, 3.8) is 0 Å². The fourth-order valence-corrected chi connectivity index (χ4v) is 7.89. The van der Waals surface area contributed by atoms with Gasteiger partial charge in [-0.15, -0.1) is 0 Å². The van der Waals surface area contributed by atoms with Gasteiger partial charge in [0.1, 0.15) is 30.4 Å². The lowest BCUT2D eigenvalue weighted by molar-refractivity contribution is -0.0466. The van der Waals surface area contributed by atoms with E-state index in [-0.39, 0.29) is 30.7 Å². The number of alkyl halides is 1. The minimum atomic E-state index is -4.88. The number of hydrogen-bond acceptors (Lipinski definition) is 14. The molecule has 2 unspecified atom stereocenters. The number of ether oxygens (including phenoxy) is 1. The smallest absolute Gasteiger partial charge is 0.382 e. The number of phosphoric acid groups is 2. The van der Waals surface area contributed by atoms with Crippen LogP contribution in [-0.4, -0.2) is 91.4 Å². The zero-order valence-electron chi connectivity index (χ0n) is 23.0. The molecule has 0 bridgehead atoms. The molecule has 8 rings (SSSR count). The molecule has 9 atom stereocenters. The highest BCUT2D eigenvalue weighted by molar-refractivity contribution is 7.47. The van der Waals surface area contributed by atoms with Crippen molar-refractivity contribution in [2.24, 2.45) is 11.8 Å². The molecular formula is C23H25FN10O9P2. The van der Waals surface area contributed by atoms with Gasteiger partial charge in [-0.3, -0.25) is 27.1 Å². The third kappa shape index (κ3) is 4.93. The summed E-state index contributed by atoms with van der Waals surface area (Å²) in [5.74, 6) is -0.741. The van der Waals surface area contributed by atoms with E-state index in [9.17, 15) is 18.9 Å². The van der Waals surface area contributed by atoms with Crippen LogP contribution >= 0.6 is 15.6 Å². The van der Waals surface area contributed by atoms with E-state index in [4.69, 9.17) is 28.6 Å². The fourth-order valence-electron chi connectivity index (χ4n) is 6.12. The SMILES string of the molecule is Nc1ncnc2c1ncn2[C@@H]1C[C@@H]2COP(=O)(O)O[C@H]3[C@@H](F)[C@H](n4cnc5c4ncn4ccnc54)O[C@@H]3COP(=O)(O)OC[C@H]21. The Labute approximate surface area is 251 Å².